The minimum Gasteiger partial charge on any atom is -0.447 e. The highest BCUT2D eigenvalue weighted by Gasteiger charge is 2.46. The van der Waals surface area contributed by atoms with E-state index >= 15 is 0 Å². The Morgan fingerprint density at radius 3 is 2.13 bits per heavy atom. The van der Waals surface area contributed by atoms with Crippen LogP contribution in [0.25, 0.3) is 0 Å². The molecule has 4 rings (SSSR count). The van der Waals surface area contributed by atoms with Crippen molar-refractivity contribution in [3.05, 3.63) is 120 Å². The first kappa shape index (κ1) is 27.3. The second-order valence-corrected chi connectivity index (χ2v) is 9.80. The molecule has 198 valence electrons. The molecule has 5 heteroatoms. The molecular formula is C33H37NO4. The number of cyclic esters (lactones) is 1. The van der Waals surface area contributed by atoms with Gasteiger partial charge in [-0.2, -0.15) is 0 Å². The van der Waals surface area contributed by atoms with Crippen LogP contribution in [-0.4, -0.2) is 36.2 Å². The molecule has 3 atom stereocenters. The van der Waals surface area contributed by atoms with Crippen molar-refractivity contribution in [1.29, 1.82) is 0 Å². The van der Waals surface area contributed by atoms with Crippen molar-refractivity contribution >= 4 is 12.0 Å². The minimum absolute atomic E-state index is 0.156. The Bertz CT molecular complexity index is 1130. The summed E-state index contributed by atoms with van der Waals surface area (Å²) in [6, 6.07) is 29.6. The highest BCUT2D eigenvalue weighted by molar-refractivity contribution is 5.95. The lowest BCUT2D eigenvalue weighted by Gasteiger charge is -2.33. The molecule has 0 radical (unpaired) electrons. The molecule has 0 aliphatic carbocycles. The fourth-order valence-corrected chi connectivity index (χ4v) is 5.25. The topological polar surface area (TPSA) is 55.8 Å². The molecule has 3 aromatic rings. The monoisotopic (exact) mass is 511 g/mol. The maximum absolute atomic E-state index is 14.2. The number of carbonyl (C=O) groups excluding carboxylic acids is 2. The van der Waals surface area contributed by atoms with E-state index in [4.69, 9.17) is 9.47 Å². The second-order valence-electron chi connectivity index (χ2n) is 9.80. The molecule has 1 aliphatic rings. The Hall–Kier alpha value is -3.70. The highest BCUT2D eigenvalue weighted by Crippen LogP contribution is 2.36. The largest absolute Gasteiger partial charge is 0.447 e. The Morgan fingerprint density at radius 1 is 1.00 bits per heavy atom. The molecule has 1 aliphatic heterocycles. The average molecular weight is 512 g/mol. The molecular weight excluding hydrogens is 474 g/mol. The third-order valence-corrected chi connectivity index (χ3v) is 7.27. The lowest BCUT2D eigenvalue weighted by atomic mass is 9.83. The van der Waals surface area contributed by atoms with Crippen molar-refractivity contribution < 1.29 is 19.1 Å². The van der Waals surface area contributed by atoms with Crippen molar-refractivity contribution in [3.8, 4) is 0 Å². The molecule has 0 unspecified atom stereocenters. The fraction of sp³-hybridized carbons (Fsp3) is 0.333. The van der Waals surface area contributed by atoms with E-state index in [1.54, 1.807) is 6.08 Å². The number of hydrogen-bond donors (Lipinski definition) is 0. The number of carbonyl (C=O) groups is 2. The SMILES string of the molecule is C=C[C@@H](COCc1ccccc1)[C@H](CCCC)C(=O)N1C(=O)OC[C@H]1C(c1ccccc1)c1ccccc1. The molecule has 1 heterocycles. The molecule has 3 aromatic carbocycles. The van der Waals surface area contributed by atoms with Gasteiger partial charge < -0.3 is 9.47 Å². The third kappa shape index (κ3) is 6.59. The second kappa shape index (κ2) is 13.7. The zero-order chi connectivity index (χ0) is 26.7. The van der Waals surface area contributed by atoms with Crippen LogP contribution in [0.4, 0.5) is 4.79 Å². The first-order valence-corrected chi connectivity index (χ1v) is 13.5. The van der Waals surface area contributed by atoms with Gasteiger partial charge in [0.25, 0.3) is 0 Å². The smallest absolute Gasteiger partial charge is 0.417 e. The van der Waals surface area contributed by atoms with Gasteiger partial charge in [-0.3, -0.25) is 4.79 Å². The first-order valence-electron chi connectivity index (χ1n) is 13.5. The quantitative estimate of drug-likeness (QED) is 0.232. The van der Waals surface area contributed by atoms with Crippen molar-refractivity contribution in [1.82, 2.24) is 4.90 Å². The number of nitrogens with zero attached hydrogens (tertiary/aromatic N) is 1. The number of rotatable bonds is 13. The molecule has 5 nitrogen and oxygen atoms in total. The van der Waals surface area contributed by atoms with E-state index < -0.39 is 18.1 Å². The molecule has 38 heavy (non-hydrogen) atoms. The molecule has 0 bridgehead atoms. The van der Waals surface area contributed by atoms with E-state index in [1.165, 1.54) is 4.90 Å². The summed E-state index contributed by atoms with van der Waals surface area (Å²) in [6.07, 6.45) is 3.69. The Kier molecular flexibility index (Phi) is 9.88. The number of hydrogen-bond acceptors (Lipinski definition) is 4. The lowest BCUT2D eigenvalue weighted by Crippen LogP contribution is -2.47. The molecule has 0 N–H and O–H groups in total. The summed E-state index contributed by atoms with van der Waals surface area (Å²) in [5.41, 5.74) is 3.15. The molecule has 0 spiro atoms. The van der Waals surface area contributed by atoms with Crippen LogP contribution < -0.4 is 0 Å². The van der Waals surface area contributed by atoms with Crippen LogP contribution in [0.2, 0.25) is 0 Å². The van der Waals surface area contributed by atoms with E-state index in [0.29, 0.717) is 19.6 Å². The van der Waals surface area contributed by atoms with Crippen LogP contribution in [-0.2, 0) is 20.9 Å². The van der Waals surface area contributed by atoms with Crippen LogP contribution in [0.3, 0.4) is 0 Å². The van der Waals surface area contributed by atoms with Crippen molar-refractivity contribution in [2.24, 2.45) is 11.8 Å². The Morgan fingerprint density at radius 2 is 1.58 bits per heavy atom. The maximum atomic E-state index is 14.2. The van der Waals surface area contributed by atoms with E-state index in [0.717, 1.165) is 29.5 Å². The van der Waals surface area contributed by atoms with Gasteiger partial charge in [0.15, 0.2) is 0 Å². The van der Waals surface area contributed by atoms with Gasteiger partial charge >= 0.3 is 6.09 Å². The van der Waals surface area contributed by atoms with Crippen LogP contribution in [0.15, 0.2) is 104 Å². The highest BCUT2D eigenvalue weighted by atomic mass is 16.6. The van der Waals surface area contributed by atoms with Crippen LogP contribution >= 0.6 is 0 Å². The summed E-state index contributed by atoms with van der Waals surface area (Å²) in [6.45, 7) is 7.09. The van der Waals surface area contributed by atoms with E-state index in [2.05, 4.69) is 13.5 Å². The summed E-state index contributed by atoms with van der Waals surface area (Å²) >= 11 is 0. The van der Waals surface area contributed by atoms with E-state index in [-0.39, 0.29) is 24.3 Å². The maximum Gasteiger partial charge on any atom is 0.417 e. The first-order chi connectivity index (χ1) is 18.6. The molecule has 0 saturated carbocycles. The molecule has 0 aromatic heterocycles. The summed E-state index contributed by atoms with van der Waals surface area (Å²) in [7, 11) is 0. The van der Waals surface area contributed by atoms with Crippen LogP contribution in [0.1, 0.15) is 48.8 Å². The van der Waals surface area contributed by atoms with Crippen molar-refractivity contribution in [2.45, 2.75) is 44.8 Å². The van der Waals surface area contributed by atoms with Gasteiger partial charge in [-0.15, -0.1) is 6.58 Å². The molecule has 2 amide bonds. The van der Waals surface area contributed by atoms with Gasteiger partial charge in [-0.1, -0.05) is 117 Å². The zero-order valence-corrected chi connectivity index (χ0v) is 22.1. The normalized spacial score (nSPS) is 16.7. The van der Waals surface area contributed by atoms with Gasteiger partial charge in [0, 0.05) is 17.8 Å². The van der Waals surface area contributed by atoms with Gasteiger partial charge in [0.2, 0.25) is 5.91 Å². The van der Waals surface area contributed by atoms with E-state index in [1.807, 2.05) is 91.0 Å². The van der Waals surface area contributed by atoms with Gasteiger partial charge in [0.1, 0.15) is 6.61 Å². The van der Waals surface area contributed by atoms with Crippen molar-refractivity contribution in [3.63, 3.8) is 0 Å². The van der Waals surface area contributed by atoms with Crippen LogP contribution in [0, 0.1) is 11.8 Å². The van der Waals surface area contributed by atoms with Gasteiger partial charge in [0.05, 0.1) is 19.3 Å². The van der Waals surface area contributed by atoms with Crippen LogP contribution in [0.5, 0.6) is 0 Å². The fourth-order valence-electron chi connectivity index (χ4n) is 5.25. The summed E-state index contributed by atoms with van der Waals surface area (Å²) in [5.74, 6) is -1.06. The predicted octanol–water partition coefficient (Wildman–Crippen LogP) is 6.99. The summed E-state index contributed by atoms with van der Waals surface area (Å²) < 4.78 is 11.6. The van der Waals surface area contributed by atoms with E-state index in [9.17, 15) is 9.59 Å². The number of imide groups is 1. The number of ether oxygens (including phenoxy) is 2. The summed E-state index contributed by atoms with van der Waals surface area (Å²) in [5, 5.41) is 0. The standard InChI is InChI=1S/C33H37NO4/c1-3-5-21-29(26(4-2)23-37-22-25-15-9-6-10-16-25)32(35)34-30(24-38-33(34)36)31(27-17-11-7-12-18-27)28-19-13-8-14-20-28/h4,6-20,26,29-31H,2-3,5,21-24H2,1H3/t26-,29-,30-/m0/s1. The number of benzene rings is 3. The van der Waals surface area contributed by atoms with Gasteiger partial charge in [-0.25, -0.2) is 9.69 Å². The third-order valence-electron chi connectivity index (χ3n) is 7.27. The minimum atomic E-state index is -0.577. The number of amides is 2. The van der Waals surface area contributed by atoms with Crippen molar-refractivity contribution in [2.75, 3.05) is 13.2 Å². The zero-order valence-electron chi connectivity index (χ0n) is 22.1. The van der Waals surface area contributed by atoms with Gasteiger partial charge in [-0.05, 0) is 23.1 Å². The predicted molar refractivity (Wildman–Crippen MR) is 150 cm³/mol. The lowest BCUT2D eigenvalue weighted by molar-refractivity contribution is -0.136. The molecule has 1 saturated heterocycles. The number of unbranched alkanes of at least 4 members (excludes halogenated alkanes) is 1. The Balaban J connectivity index is 1.60. The average Bonchev–Trinajstić information content (AvgIpc) is 3.34. The Labute approximate surface area is 226 Å². The molecule has 1 fully saturated rings. The summed E-state index contributed by atoms with van der Waals surface area (Å²) in [4.78, 5) is 28.7.